The monoisotopic (exact) mass is 346 g/mol. The number of carbonyl (C=O) groups excluding carboxylic acids is 1. The van der Waals surface area contributed by atoms with Crippen molar-refractivity contribution in [3.8, 4) is 0 Å². The summed E-state index contributed by atoms with van der Waals surface area (Å²) in [5, 5.41) is 9.03. The Bertz CT molecular complexity index is 750. The molecule has 0 spiro atoms. The molecule has 0 saturated carbocycles. The van der Waals surface area contributed by atoms with Crippen molar-refractivity contribution in [3.63, 3.8) is 0 Å². The molecule has 0 radical (unpaired) electrons. The molecule has 2 aromatic rings. The van der Waals surface area contributed by atoms with Crippen molar-refractivity contribution < 1.29 is 4.79 Å². The summed E-state index contributed by atoms with van der Waals surface area (Å²) in [4.78, 5) is 23.1. The molecule has 0 bridgehead atoms. The average Bonchev–Trinajstić information content (AvgIpc) is 3.24. The van der Waals surface area contributed by atoms with Gasteiger partial charge in [-0.3, -0.25) is 4.79 Å². The maximum atomic E-state index is 11.5. The molecule has 0 aromatic carbocycles. The van der Waals surface area contributed by atoms with Crippen molar-refractivity contribution in [2.45, 2.75) is 31.5 Å². The first-order valence-electron chi connectivity index (χ1n) is 8.16. The lowest BCUT2D eigenvalue weighted by molar-refractivity contribution is -0.116. The predicted octanol–water partition coefficient (Wildman–Crippen LogP) is 1.84. The van der Waals surface area contributed by atoms with Crippen LogP contribution < -0.4 is 10.2 Å². The zero-order valence-electron chi connectivity index (χ0n) is 14.0. The minimum Gasteiger partial charge on any atom is -0.356 e. The van der Waals surface area contributed by atoms with Crippen molar-refractivity contribution in [2.75, 3.05) is 30.8 Å². The van der Waals surface area contributed by atoms with Crippen molar-refractivity contribution >= 4 is 34.5 Å². The number of thioether (sulfide) groups is 1. The van der Waals surface area contributed by atoms with E-state index in [2.05, 4.69) is 20.3 Å². The van der Waals surface area contributed by atoms with E-state index in [1.807, 2.05) is 24.1 Å². The van der Waals surface area contributed by atoms with Crippen LogP contribution in [0.25, 0.3) is 11.0 Å². The van der Waals surface area contributed by atoms with E-state index in [0.717, 1.165) is 35.1 Å². The van der Waals surface area contributed by atoms with Crippen LogP contribution in [0.1, 0.15) is 19.8 Å². The van der Waals surface area contributed by atoms with Gasteiger partial charge in [-0.05, 0) is 32.1 Å². The Morgan fingerprint density at radius 2 is 2.17 bits per heavy atom. The van der Waals surface area contributed by atoms with E-state index in [-0.39, 0.29) is 5.91 Å². The fourth-order valence-electron chi connectivity index (χ4n) is 2.84. The van der Waals surface area contributed by atoms with Crippen LogP contribution in [0.4, 0.5) is 5.82 Å². The van der Waals surface area contributed by atoms with Crippen LogP contribution >= 0.6 is 11.8 Å². The van der Waals surface area contributed by atoms with Crippen LogP contribution in [0.5, 0.6) is 0 Å². The lowest BCUT2D eigenvalue weighted by Crippen LogP contribution is -2.25. The third kappa shape index (κ3) is 3.53. The minimum atomic E-state index is -0.0915. The summed E-state index contributed by atoms with van der Waals surface area (Å²) in [6, 6.07) is 0. The molecule has 0 unspecified atom stereocenters. The summed E-state index contributed by atoms with van der Waals surface area (Å²) in [5.74, 6) is 0.886. The van der Waals surface area contributed by atoms with Gasteiger partial charge in [-0.15, -0.1) is 0 Å². The van der Waals surface area contributed by atoms with Gasteiger partial charge in [0.15, 0.2) is 10.8 Å². The maximum absolute atomic E-state index is 11.5. The second-order valence-electron chi connectivity index (χ2n) is 5.62. The second-order valence-corrected chi connectivity index (χ2v) is 6.40. The number of carbonyl (C=O) groups is 1. The van der Waals surface area contributed by atoms with Gasteiger partial charge in [0.05, 0.1) is 18.1 Å². The molecule has 0 atom stereocenters. The van der Waals surface area contributed by atoms with Crippen molar-refractivity contribution in [3.05, 3.63) is 18.3 Å². The van der Waals surface area contributed by atoms with Gasteiger partial charge in [-0.1, -0.05) is 17.8 Å². The Balaban J connectivity index is 1.84. The molecule has 1 aliphatic heterocycles. The Hall–Kier alpha value is -2.09. The lowest BCUT2D eigenvalue weighted by Gasteiger charge is -2.17. The lowest BCUT2D eigenvalue weighted by atomic mass is 10.3. The number of hydrogen-bond acceptors (Lipinski definition) is 6. The van der Waals surface area contributed by atoms with E-state index in [0.29, 0.717) is 13.1 Å². The molecular weight excluding hydrogens is 324 g/mol. The van der Waals surface area contributed by atoms with E-state index >= 15 is 0 Å². The molecule has 1 aliphatic rings. The molecular formula is C16H22N6OS. The van der Waals surface area contributed by atoms with Crippen molar-refractivity contribution in [1.82, 2.24) is 25.1 Å². The van der Waals surface area contributed by atoms with Gasteiger partial charge < -0.3 is 10.2 Å². The summed E-state index contributed by atoms with van der Waals surface area (Å²) in [6.45, 7) is 4.98. The fraction of sp³-hybridized carbons (Fsp3) is 0.500. The van der Waals surface area contributed by atoms with Gasteiger partial charge >= 0.3 is 0 Å². The number of rotatable bonds is 6. The SMILES string of the molecule is CC=CC(=O)NCCn1ncc2c(N3CCCC3)nc(SC)nc21. The minimum absolute atomic E-state index is 0.0915. The van der Waals surface area contributed by atoms with Crippen LogP contribution in [-0.4, -0.2) is 51.5 Å². The van der Waals surface area contributed by atoms with Crippen LogP contribution in [0.15, 0.2) is 23.5 Å². The number of nitrogens with zero attached hydrogens (tertiary/aromatic N) is 5. The highest BCUT2D eigenvalue weighted by molar-refractivity contribution is 7.98. The zero-order chi connectivity index (χ0) is 16.9. The van der Waals surface area contributed by atoms with E-state index in [1.54, 1.807) is 6.08 Å². The first kappa shape index (κ1) is 16.8. The summed E-state index contributed by atoms with van der Waals surface area (Å²) in [6.07, 6.45) is 9.45. The highest BCUT2D eigenvalue weighted by Gasteiger charge is 2.20. The van der Waals surface area contributed by atoms with Crippen LogP contribution in [-0.2, 0) is 11.3 Å². The molecule has 1 amide bonds. The summed E-state index contributed by atoms with van der Waals surface area (Å²) < 4.78 is 1.84. The van der Waals surface area contributed by atoms with Crippen LogP contribution in [0.2, 0.25) is 0 Å². The van der Waals surface area contributed by atoms with Crippen molar-refractivity contribution in [2.24, 2.45) is 0 Å². The van der Waals surface area contributed by atoms with Crippen LogP contribution in [0.3, 0.4) is 0 Å². The highest BCUT2D eigenvalue weighted by Crippen LogP contribution is 2.28. The first-order valence-corrected chi connectivity index (χ1v) is 9.38. The molecule has 128 valence electrons. The number of aromatic nitrogens is 4. The summed E-state index contributed by atoms with van der Waals surface area (Å²) in [5.41, 5.74) is 0.830. The smallest absolute Gasteiger partial charge is 0.243 e. The number of allylic oxidation sites excluding steroid dienone is 1. The number of nitrogens with one attached hydrogen (secondary N) is 1. The Labute approximate surface area is 145 Å². The standard InChI is InChI=1S/C16H22N6OS/c1-3-6-13(23)17-7-10-22-15-12(11-18-22)14(19-16(20-15)24-2)21-8-4-5-9-21/h3,6,11H,4-5,7-10H2,1-2H3,(H,17,23). The highest BCUT2D eigenvalue weighted by atomic mass is 32.2. The molecule has 24 heavy (non-hydrogen) atoms. The van der Waals surface area contributed by atoms with E-state index in [4.69, 9.17) is 4.98 Å². The fourth-order valence-corrected chi connectivity index (χ4v) is 3.20. The molecule has 1 fully saturated rings. The predicted molar refractivity (Wildman–Crippen MR) is 96.4 cm³/mol. The van der Waals surface area contributed by atoms with Gasteiger partial charge in [0, 0.05) is 19.6 Å². The second kappa shape index (κ2) is 7.65. The van der Waals surface area contributed by atoms with Gasteiger partial charge in [0.2, 0.25) is 5.91 Å². The third-order valence-electron chi connectivity index (χ3n) is 3.98. The quantitative estimate of drug-likeness (QED) is 0.489. The molecule has 3 rings (SSSR count). The molecule has 2 aromatic heterocycles. The van der Waals surface area contributed by atoms with E-state index in [9.17, 15) is 4.79 Å². The third-order valence-corrected chi connectivity index (χ3v) is 4.53. The molecule has 7 nitrogen and oxygen atoms in total. The van der Waals surface area contributed by atoms with Gasteiger partial charge in [0.1, 0.15) is 5.82 Å². The number of anilines is 1. The average molecular weight is 346 g/mol. The van der Waals surface area contributed by atoms with Gasteiger partial charge in [0.25, 0.3) is 0 Å². The van der Waals surface area contributed by atoms with E-state index in [1.165, 1.54) is 30.7 Å². The molecule has 3 heterocycles. The molecule has 1 saturated heterocycles. The molecule has 8 heteroatoms. The summed E-state index contributed by atoms with van der Waals surface area (Å²) in [7, 11) is 0. The first-order chi connectivity index (χ1) is 11.7. The Morgan fingerprint density at radius 1 is 1.38 bits per heavy atom. The molecule has 1 N–H and O–H groups in total. The number of amides is 1. The van der Waals surface area contributed by atoms with Crippen LogP contribution in [0, 0.1) is 0 Å². The zero-order valence-corrected chi connectivity index (χ0v) is 14.8. The summed E-state index contributed by atoms with van der Waals surface area (Å²) >= 11 is 1.54. The molecule has 0 aliphatic carbocycles. The number of fused-ring (bicyclic) bond motifs is 1. The normalized spacial score (nSPS) is 14.8. The largest absolute Gasteiger partial charge is 0.356 e. The van der Waals surface area contributed by atoms with Gasteiger partial charge in [-0.2, -0.15) is 5.10 Å². The Morgan fingerprint density at radius 3 is 2.88 bits per heavy atom. The topological polar surface area (TPSA) is 75.9 Å². The van der Waals surface area contributed by atoms with Gasteiger partial charge in [-0.25, -0.2) is 14.6 Å². The maximum Gasteiger partial charge on any atom is 0.243 e. The van der Waals surface area contributed by atoms with E-state index < -0.39 is 0 Å². The number of hydrogen-bond donors (Lipinski definition) is 1. The van der Waals surface area contributed by atoms with Crippen molar-refractivity contribution in [1.29, 1.82) is 0 Å². The Kier molecular flexibility index (Phi) is 5.34.